The first kappa shape index (κ1) is 20.1. The summed E-state index contributed by atoms with van der Waals surface area (Å²) in [5, 5.41) is 1.10. The fourth-order valence-electron chi connectivity index (χ4n) is 4.17. The van der Waals surface area contributed by atoms with Crippen molar-refractivity contribution in [3.05, 3.63) is 53.3 Å². The molecule has 158 valence electrons. The summed E-state index contributed by atoms with van der Waals surface area (Å²) in [5.74, 6) is -0.438. The predicted molar refractivity (Wildman–Crippen MR) is 106 cm³/mol. The van der Waals surface area contributed by atoms with Gasteiger partial charge in [-0.05, 0) is 55.5 Å². The minimum atomic E-state index is -4.81. The molecule has 0 spiro atoms. The summed E-state index contributed by atoms with van der Waals surface area (Å²) in [4.78, 5) is 22.2. The molecule has 9 heteroatoms. The number of aromatic nitrogens is 2. The standard InChI is InChI=1S/C21H21F3N4O2/c1-12-18(16-3-2-8-26-19(16)27-12)13-6-9-28(10-7-13)20(29)15-5-4-14(11-17(15)25)30-21(22,23)24/h2-5,8,11,13H,6-7,9-10,25H2,1H3,(H,26,27). The number of aryl methyl sites for hydroxylation is 1. The Hall–Kier alpha value is -3.23. The first-order valence-electron chi connectivity index (χ1n) is 9.60. The van der Waals surface area contributed by atoms with Crippen LogP contribution in [0.1, 0.15) is 40.4 Å². The number of anilines is 1. The first-order valence-corrected chi connectivity index (χ1v) is 9.60. The average molecular weight is 418 g/mol. The van der Waals surface area contributed by atoms with Crippen molar-refractivity contribution < 1.29 is 22.7 Å². The molecule has 0 aliphatic carbocycles. The van der Waals surface area contributed by atoms with Gasteiger partial charge in [-0.15, -0.1) is 13.2 Å². The Bertz CT molecular complexity index is 1090. The van der Waals surface area contributed by atoms with Gasteiger partial charge in [-0.1, -0.05) is 0 Å². The summed E-state index contributed by atoms with van der Waals surface area (Å²) in [7, 11) is 0. The van der Waals surface area contributed by atoms with Crippen molar-refractivity contribution in [3.63, 3.8) is 0 Å². The normalized spacial score (nSPS) is 15.5. The lowest BCUT2D eigenvalue weighted by Crippen LogP contribution is -2.38. The number of nitrogens with one attached hydrogen (secondary N) is 1. The number of H-pyrrole nitrogens is 1. The number of pyridine rings is 1. The lowest BCUT2D eigenvalue weighted by Gasteiger charge is -2.32. The number of nitrogens with two attached hydrogens (primary N) is 1. The summed E-state index contributed by atoms with van der Waals surface area (Å²) in [6.07, 6.45) is -1.50. The van der Waals surface area contributed by atoms with Crippen molar-refractivity contribution in [1.82, 2.24) is 14.9 Å². The van der Waals surface area contributed by atoms with Crippen LogP contribution in [0.15, 0.2) is 36.5 Å². The predicted octanol–water partition coefficient (Wildman–Crippen LogP) is 4.37. The lowest BCUT2D eigenvalue weighted by atomic mass is 9.87. The number of rotatable bonds is 3. The van der Waals surface area contributed by atoms with Crippen molar-refractivity contribution in [2.45, 2.75) is 32.0 Å². The van der Waals surface area contributed by atoms with E-state index in [1.807, 2.05) is 19.1 Å². The van der Waals surface area contributed by atoms with Crippen molar-refractivity contribution >= 4 is 22.6 Å². The molecule has 1 saturated heterocycles. The van der Waals surface area contributed by atoms with E-state index in [1.54, 1.807) is 11.1 Å². The third-order valence-corrected chi connectivity index (χ3v) is 5.49. The molecular formula is C21H21F3N4O2. The second kappa shape index (κ2) is 7.55. The van der Waals surface area contributed by atoms with Crippen LogP contribution >= 0.6 is 0 Å². The maximum absolute atomic E-state index is 12.9. The zero-order valence-electron chi connectivity index (χ0n) is 16.3. The number of benzene rings is 1. The number of hydrogen-bond donors (Lipinski definition) is 2. The van der Waals surface area contributed by atoms with Gasteiger partial charge in [-0.3, -0.25) is 4.79 Å². The minimum Gasteiger partial charge on any atom is -0.406 e. The number of alkyl halides is 3. The summed E-state index contributed by atoms with van der Waals surface area (Å²) >= 11 is 0. The van der Waals surface area contributed by atoms with Gasteiger partial charge in [0.15, 0.2) is 0 Å². The molecule has 2 aromatic heterocycles. The summed E-state index contributed by atoms with van der Waals surface area (Å²) in [6.45, 7) is 3.10. The van der Waals surface area contributed by atoms with Crippen molar-refractivity contribution in [2.24, 2.45) is 0 Å². The van der Waals surface area contributed by atoms with E-state index in [0.29, 0.717) is 19.0 Å². The molecule has 3 N–H and O–H groups in total. The van der Waals surface area contributed by atoms with Gasteiger partial charge in [0.1, 0.15) is 11.4 Å². The van der Waals surface area contributed by atoms with E-state index in [9.17, 15) is 18.0 Å². The number of ether oxygens (including phenoxy) is 1. The zero-order valence-corrected chi connectivity index (χ0v) is 16.3. The molecule has 0 unspecified atom stereocenters. The number of hydrogen-bond acceptors (Lipinski definition) is 4. The summed E-state index contributed by atoms with van der Waals surface area (Å²) < 4.78 is 40.9. The SMILES string of the molecule is Cc1[nH]c2ncccc2c1C1CCN(C(=O)c2ccc(OC(F)(F)F)cc2N)CC1. The summed E-state index contributed by atoms with van der Waals surface area (Å²) in [6, 6.07) is 7.36. The lowest BCUT2D eigenvalue weighted by molar-refractivity contribution is -0.274. The number of nitrogen functional groups attached to an aromatic ring is 1. The molecule has 4 rings (SSSR count). The van der Waals surface area contributed by atoms with Crippen LogP contribution in [0.2, 0.25) is 0 Å². The van der Waals surface area contributed by atoms with Crippen LogP contribution in [0.5, 0.6) is 5.75 Å². The quantitative estimate of drug-likeness (QED) is 0.619. The van der Waals surface area contributed by atoms with Gasteiger partial charge in [-0.25, -0.2) is 4.98 Å². The van der Waals surface area contributed by atoms with E-state index in [-0.39, 0.29) is 17.2 Å². The van der Waals surface area contributed by atoms with Gasteiger partial charge in [0.05, 0.1) is 5.56 Å². The van der Waals surface area contributed by atoms with Gasteiger partial charge in [-0.2, -0.15) is 0 Å². The number of carbonyl (C=O) groups excluding carboxylic acids is 1. The van der Waals surface area contributed by atoms with Gasteiger partial charge in [0.25, 0.3) is 5.91 Å². The summed E-state index contributed by atoms with van der Waals surface area (Å²) in [5.41, 5.74) is 9.14. The molecule has 0 bridgehead atoms. The second-order valence-electron chi connectivity index (χ2n) is 7.43. The maximum Gasteiger partial charge on any atom is 0.573 e. The van der Waals surface area contributed by atoms with Crippen LogP contribution in [0, 0.1) is 6.92 Å². The molecule has 1 aliphatic rings. The zero-order chi connectivity index (χ0) is 21.5. The number of halogens is 3. The molecule has 30 heavy (non-hydrogen) atoms. The van der Waals surface area contributed by atoms with Crippen LogP contribution in [-0.2, 0) is 0 Å². The molecule has 3 heterocycles. The molecule has 0 saturated carbocycles. The number of carbonyl (C=O) groups is 1. The first-order chi connectivity index (χ1) is 14.2. The molecule has 3 aromatic rings. The molecule has 1 amide bonds. The number of nitrogens with zero attached hydrogens (tertiary/aromatic N) is 2. The smallest absolute Gasteiger partial charge is 0.406 e. The van der Waals surface area contributed by atoms with Crippen LogP contribution in [0.3, 0.4) is 0 Å². The molecule has 6 nitrogen and oxygen atoms in total. The molecule has 1 fully saturated rings. The van der Waals surface area contributed by atoms with Crippen LogP contribution in [0.25, 0.3) is 11.0 Å². The van der Waals surface area contributed by atoms with E-state index in [4.69, 9.17) is 5.73 Å². The van der Waals surface area contributed by atoms with E-state index < -0.39 is 12.1 Å². The van der Waals surface area contributed by atoms with E-state index >= 15 is 0 Å². The topological polar surface area (TPSA) is 84.2 Å². The second-order valence-corrected chi connectivity index (χ2v) is 7.43. The Morgan fingerprint density at radius 1 is 1.27 bits per heavy atom. The Morgan fingerprint density at radius 3 is 2.67 bits per heavy atom. The van der Waals surface area contributed by atoms with Crippen LogP contribution < -0.4 is 10.5 Å². The Labute approximate surface area is 170 Å². The van der Waals surface area contributed by atoms with Gasteiger partial charge in [0.2, 0.25) is 0 Å². The van der Waals surface area contributed by atoms with Gasteiger partial charge < -0.3 is 20.4 Å². The Morgan fingerprint density at radius 2 is 2.00 bits per heavy atom. The molecule has 1 aromatic carbocycles. The van der Waals surface area contributed by atoms with Crippen molar-refractivity contribution in [1.29, 1.82) is 0 Å². The fraction of sp³-hybridized carbons (Fsp3) is 0.333. The van der Waals surface area contributed by atoms with Crippen LogP contribution in [0.4, 0.5) is 18.9 Å². The maximum atomic E-state index is 12.9. The van der Waals surface area contributed by atoms with Crippen molar-refractivity contribution in [2.75, 3.05) is 18.8 Å². The van der Waals surface area contributed by atoms with E-state index in [1.165, 1.54) is 11.6 Å². The monoisotopic (exact) mass is 418 g/mol. The minimum absolute atomic E-state index is 0.0394. The van der Waals surface area contributed by atoms with Gasteiger partial charge >= 0.3 is 6.36 Å². The Balaban J connectivity index is 1.46. The van der Waals surface area contributed by atoms with E-state index in [0.717, 1.165) is 41.7 Å². The molecule has 0 atom stereocenters. The number of fused-ring (bicyclic) bond motifs is 1. The highest BCUT2D eigenvalue weighted by Gasteiger charge is 2.32. The highest BCUT2D eigenvalue weighted by molar-refractivity contribution is 5.99. The largest absolute Gasteiger partial charge is 0.573 e. The third-order valence-electron chi connectivity index (χ3n) is 5.49. The molecule has 1 aliphatic heterocycles. The number of amides is 1. The van der Waals surface area contributed by atoms with Crippen molar-refractivity contribution in [3.8, 4) is 5.75 Å². The molecular weight excluding hydrogens is 397 g/mol. The number of aromatic amines is 1. The fourth-order valence-corrected chi connectivity index (χ4v) is 4.17. The highest BCUT2D eigenvalue weighted by Crippen LogP contribution is 2.36. The average Bonchev–Trinajstić information content (AvgIpc) is 3.02. The van der Waals surface area contributed by atoms with Gasteiger partial charge in [0, 0.05) is 42.1 Å². The van der Waals surface area contributed by atoms with Crippen LogP contribution in [-0.4, -0.2) is 40.2 Å². The molecule has 0 radical (unpaired) electrons. The Kier molecular flexibility index (Phi) is 5.05. The highest BCUT2D eigenvalue weighted by atomic mass is 19.4. The number of piperidine rings is 1. The van der Waals surface area contributed by atoms with E-state index in [2.05, 4.69) is 14.7 Å². The number of likely N-dealkylation sites (tertiary alicyclic amines) is 1. The third kappa shape index (κ3) is 3.92.